The Morgan fingerprint density at radius 1 is 1.27 bits per heavy atom. The summed E-state index contributed by atoms with van der Waals surface area (Å²) in [4.78, 5) is 5.04. The molecule has 2 fully saturated rings. The van der Waals surface area contributed by atoms with Crippen LogP contribution < -0.4 is 0 Å². The molecule has 0 aliphatic heterocycles. The van der Waals surface area contributed by atoms with Gasteiger partial charge in [-0.25, -0.2) is 4.39 Å². The lowest BCUT2D eigenvalue weighted by Crippen LogP contribution is -2.36. The van der Waals surface area contributed by atoms with E-state index in [1.165, 1.54) is 12.1 Å². The van der Waals surface area contributed by atoms with Crippen LogP contribution in [-0.4, -0.2) is 24.0 Å². The van der Waals surface area contributed by atoms with E-state index < -0.39 is 0 Å². The van der Waals surface area contributed by atoms with Crippen LogP contribution in [0.1, 0.15) is 44.1 Å². The van der Waals surface area contributed by atoms with E-state index in [2.05, 4.69) is 12.1 Å². The van der Waals surface area contributed by atoms with Gasteiger partial charge in [-0.3, -0.25) is 0 Å². The van der Waals surface area contributed by atoms with Gasteiger partial charge in [0.05, 0.1) is 11.8 Å². The first kappa shape index (κ1) is 15.5. The first-order valence-electron chi connectivity index (χ1n) is 8.17. The van der Waals surface area contributed by atoms with Crippen LogP contribution >= 0.6 is 0 Å². The summed E-state index contributed by atoms with van der Waals surface area (Å²) in [5.41, 5.74) is 2.16. The van der Waals surface area contributed by atoms with Gasteiger partial charge in [0.2, 0.25) is 0 Å². The van der Waals surface area contributed by atoms with Crippen LogP contribution in [0.15, 0.2) is 29.4 Å². The highest BCUT2D eigenvalue weighted by Crippen LogP contribution is 2.52. The average Bonchev–Trinajstić information content (AvgIpc) is 2.81. The highest BCUT2D eigenvalue weighted by atomic mass is 19.1. The summed E-state index contributed by atoms with van der Waals surface area (Å²) in [6, 6.07) is 6.81. The second kappa shape index (κ2) is 6.37. The first-order valence-corrected chi connectivity index (χ1v) is 8.17. The fraction of sp³-hybridized carbons (Fsp3) is 0.611. The normalized spacial score (nSPS) is 34.7. The molecule has 0 radical (unpaired) electrons. The number of nitrogens with zero attached hydrogens (tertiary/aromatic N) is 1. The molecule has 0 saturated heterocycles. The average molecular weight is 305 g/mol. The third-order valence-corrected chi connectivity index (χ3v) is 5.41. The summed E-state index contributed by atoms with van der Waals surface area (Å²) in [7, 11) is 1.57. The molecular weight excluding hydrogens is 281 g/mol. The number of hydrogen-bond acceptors (Lipinski definition) is 3. The minimum absolute atomic E-state index is 0.184. The van der Waals surface area contributed by atoms with Gasteiger partial charge in [0.25, 0.3) is 0 Å². The van der Waals surface area contributed by atoms with E-state index in [0.717, 1.165) is 37.0 Å². The molecule has 0 aromatic heterocycles. The lowest BCUT2D eigenvalue weighted by molar-refractivity contribution is 0.106. The number of aliphatic hydroxyl groups excluding tert-OH is 1. The maximum atomic E-state index is 13.2. The van der Waals surface area contributed by atoms with Crippen molar-refractivity contribution in [3.8, 4) is 0 Å². The first-order chi connectivity index (χ1) is 10.6. The van der Waals surface area contributed by atoms with Crippen molar-refractivity contribution in [1.82, 2.24) is 0 Å². The summed E-state index contributed by atoms with van der Waals surface area (Å²) < 4.78 is 13.2. The molecule has 120 valence electrons. The Labute approximate surface area is 131 Å². The van der Waals surface area contributed by atoms with Gasteiger partial charge in [-0.05, 0) is 61.1 Å². The molecule has 2 saturated carbocycles. The van der Waals surface area contributed by atoms with E-state index in [1.54, 1.807) is 7.11 Å². The largest absolute Gasteiger partial charge is 0.399 e. The lowest BCUT2D eigenvalue weighted by atomic mass is 9.67. The number of aliphatic hydroxyl groups is 1. The minimum Gasteiger partial charge on any atom is -0.399 e. The molecule has 0 spiro atoms. The van der Waals surface area contributed by atoms with Crippen molar-refractivity contribution in [1.29, 1.82) is 0 Å². The Morgan fingerprint density at radius 3 is 2.64 bits per heavy atom. The van der Waals surface area contributed by atoms with Crippen LogP contribution in [0.25, 0.3) is 0 Å². The molecule has 4 heteroatoms. The van der Waals surface area contributed by atoms with E-state index in [1.807, 2.05) is 12.1 Å². The van der Waals surface area contributed by atoms with E-state index >= 15 is 0 Å². The van der Waals surface area contributed by atoms with E-state index in [9.17, 15) is 9.50 Å². The van der Waals surface area contributed by atoms with Gasteiger partial charge in [0.1, 0.15) is 12.9 Å². The van der Waals surface area contributed by atoms with Gasteiger partial charge in [-0.2, -0.15) is 0 Å². The van der Waals surface area contributed by atoms with Crippen molar-refractivity contribution >= 4 is 5.71 Å². The van der Waals surface area contributed by atoms with Crippen molar-refractivity contribution in [3.63, 3.8) is 0 Å². The zero-order chi connectivity index (χ0) is 15.7. The smallest absolute Gasteiger partial charge is 0.123 e. The second-order valence-corrected chi connectivity index (χ2v) is 6.61. The van der Waals surface area contributed by atoms with Crippen LogP contribution in [0.3, 0.4) is 0 Å². The van der Waals surface area contributed by atoms with Crippen LogP contribution in [-0.2, 0) is 4.84 Å². The van der Waals surface area contributed by atoms with Crippen LogP contribution in [0.2, 0.25) is 0 Å². The molecule has 1 aromatic carbocycles. The summed E-state index contributed by atoms with van der Waals surface area (Å²) in [5.74, 6) is 1.06. The zero-order valence-electron chi connectivity index (χ0n) is 13.2. The fourth-order valence-corrected chi connectivity index (χ4v) is 4.55. The molecule has 1 aromatic rings. The van der Waals surface area contributed by atoms with Gasteiger partial charge < -0.3 is 9.94 Å². The maximum absolute atomic E-state index is 13.2. The predicted molar refractivity (Wildman–Crippen MR) is 84.2 cm³/mol. The topological polar surface area (TPSA) is 41.8 Å². The number of rotatable bonds is 4. The van der Waals surface area contributed by atoms with E-state index in [-0.39, 0.29) is 29.7 Å². The Balaban J connectivity index is 1.98. The van der Waals surface area contributed by atoms with Gasteiger partial charge in [0, 0.05) is 5.92 Å². The lowest BCUT2D eigenvalue weighted by Gasteiger charge is -2.38. The standard InChI is InChI=1S/C18H24FNO2/c1-3-16(20-22-2)18-14(12-4-6-13(19)7-5-12)8-11-9-15(18)17(21)10-11/h4-7,11,14-15,17-18,21H,3,8-10H2,1-2H3/t11?,14-,15-,17?,18+/m1/s1. The molecule has 0 heterocycles. The molecule has 2 aliphatic carbocycles. The van der Waals surface area contributed by atoms with Gasteiger partial charge in [0.15, 0.2) is 0 Å². The number of oxime groups is 1. The number of benzene rings is 1. The minimum atomic E-state index is -0.256. The monoisotopic (exact) mass is 305 g/mol. The van der Waals surface area contributed by atoms with Crippen molar-refractivity contribution in [2.24, 2.45) is 22.9 Å². The van der Waals surface area contributed by atoms with Crippen molar-refractivity contribution < 1.29 is 14.3 Å². The van der Waals surface area contributed by atoms with Gasteiger partial charge >= 0.3 is 0 Å². The molecule has 22 heavy (non-hydrogen) atoms. The number of fused-ring (bicyclic) bond motifs is 2. The summed E-state index contributed by atoms with van der Waals surface area (Å²) in [5, 5.41) is 14.7. The number of hydrogen-bond donors (Lipinski definition) is 1. The molecule has 0 amide bonds. The highest BCUT2D eigenvalue weighted by molar-refractivity contribution is 5.87. The molecule has 1 N–H and O–H groups in total. The third-order valence-electron chi connectivity index (χ3n) is 5.41. The second-order valence-electron chi connectivity index (χ2n) is 6.61. The van der Waals surface area contributed by atoms with Gasteiger partial charge in [-0.15, -0.1) is 0 Å². The van der Waals surface area contributed by atoms with Crippen LogP contribution in [0.5, 0.6) is 0 Å². The molecule has 2 unspecified atom stereocenters. The highest BCUT2D eigenvalue weighted by Gasteiger charge is 2.48. The molecule has 3 rings (SSSR count). The quantitative estimate of drug-likeness (QED) is 0.680. The number of halogens is 1. The Morgan fingerprint density at radius 2 is 2.00 bits per heavy atom. The van der Waals surface area contributed by atoms with Crippen LogP contribution in [0, 0.1) is 23.6 Å². The predicted octanol–water partition coefficient (Wildman–Crippen LogP) is 3.73. The molecule has 3 nitrogen and oxygen atoms in total. The summed E-state index contributed by atoms with van der Waals surface area (Å²) >= 11 is 0. The van der Waals surface area contributed by atoms with Crippen molar-refractivity contribution in [2.75, 3.05) is 7.11 Å². The molecule has 2 bridgehead atoms. The Bertz CT molecular complexity index is 543. The van der Waals surface area contributed by atoms with Crippen molar-refractivity contribution in [3.05, 3.63) is 35.6 Å². The van der Waals surface area contributed by atoms with Gasteiger partial charge in [-0.1, -0.05) is 24.2 Å². The summed E-state index contributed by atoms with van der Waals surface area (Å²) in [6.45, 7) is 2.08. The Kier molecular flexibility index (Phi) is 4.48. The molecule has 5 atom stereocenters. The fourth-order valence-electron chi connectivity index (χ4n) is 4.55. The van der Waals surface area contributed by atoms with Crippen molar-refractivity contribution in [2.45, 2.75) is 44.6 Å². The molecular formula is C18H24FNO2. The summed E-state index contributed by atoms with van der Waals surface area (Å²) in [6.07, 6.45) is 3.53. The molecule has 2 aliphatic rings. The van der Waals surface area contributed by atoms with Crippen LogP contribution in [0.4, 0.5) is 4.39 Å². The Hall–Kier alpha value is -1.42. The third kappa shape index (κ3) is 2.76. The maximum Gasteiger partial charge on any atom is 0.123 e. The van der Waals surface area contributed by atoms with E-state index in [0.29, 0.717) is 5.92 Å². The zero-order valence-corrected chi connectivity index (χ0v) is 13.2. The van der Waals surface area contributed by atoms with E-state index in [4.69, 9.17) is 4.84 Å². The SMILES string of the molecule is CCC(=NOC)[C@H]1[C@@H](c2ccc(F)cc2)CC2CC(O)[C@H]1C2.